The normalized spacial score (nSPS) is 44.4. The summed E-state index contributed by atoms with van der Waals surface area (Å²) in [5, 5.41) is 41.9. The molecule has 1 heterocycles. The van der Waals surface area contributed by atoms with Crippen molar-refractivity contribution < 1.29 is 9.90 Å². The van der Waals surface area contributed by atoms with Crippen molar-refractivity contribution in [2.24, 2.45) is 22.7 Å². The Morgan fingerprint density at radius 2 is 1.70 bits per heavy atom. The average Bonchev–Trinajstić information content (AvgIpc) is 2.71. The summed E-state index contributed by atoms with van der Waals surface area (Å²) in [5.41, 5.74) is -4.88. The van der Waals surface area contributed by atoms with Gasteiger partial charge in [-0.2, -0.15) is 15.8 Å². The van der Waals surface area contributed by atoms with Gasteiger partial charge in [0.25, 0.3) is 0 Å². The maximum absolute atomic E-state index is 12.3. The van der Waals surface area contributed by atoms with E-state index < -0.39 is 28.4 Å². The number of aliphatic hydroxyl groups is 1. The lowest BCUT2D eigenvalue weighted by molar-refractivity contribution is -0.132. The molecule has 2 bridgehead atoms. The first-order valence-corrected chi connectivity index (χ1v) is 6.78. The van der Waals surface area contributed by atoms with Gasteiger partial charge in [-0.05, 0) is 12.8 Å². The van der Waals surface area contributed by atoms with Gasteiger partial charge in [-0.1, -0.05) is 12.8 Å². The van der Waals surface area contributed by atoms with Gasteiger partial charge in [0.05, 0.1) is 18.2 Å². The van der Waals surface area contributed by atoms with E-state index in [9.17, 15) is 25.7 Å². The Bertz CT molecular complexity index is 596. The maximum atomic E-state index is 12.3. The predicted molar refractivity (Wildman–Crippen MR) is 64.9 cm³/mol. The number of hydrogen-bond acceptors (Lipinski definition) is 5. The molecule has 2 saturated carbocycles. The highest BCUT2D eigenvalue weighted by Gasteiger charge is 2.76. The number of nitrogens with zero attached hydrogens (tertiary/aromatic N) is 3. The molecule has 0 radical (unpaired) electrons. The van der Waals surface area contributed by atoms with Crippen molar-refractivity contribution in [2.75, 3.05) is 0 Å². The second kappa shape index (κ2) is 3.72. The van der Waals surface area contributed by atoms with E-state index in [2.05, 4.69) is 5.32 Å². The monoisotopic (exact) mass is 270 g/mol. The largest absolute Gasteiger partial charge is 0.371 e. The molecule has 6 heteroatoms. The zero-order valence-electron chi connectivity index (χ0n) is 10.9. The molecule has 1 amide bonds. The fraction of sp³-hybridized carbons (Fsp3) is 0.714. The molecule has 2 aliphatic carbocycles. The third-order valence-electron chi connectivity index (χ3n) is 5.40. The summed E-state index contributed by atoms with van der Waals surface area (Å²) in [4.78, 5) is 12.3. The zero-order chi connectivity index (χ0) is 14.6. The van der Waals surface area contributed by atoms with Gasteiger partial charge in [-0.3, -0.25) is 4.79 Å². The Labute approximate surface area is 116 Å². The molecule has 1 saturated heterocycles. The average molecular weight is 270 g/mol. The minimum atomic E-state index is -1.76. The molecule has 3 fully saturated rings. The first kappa shape index (κ1) is 12.9. The van der Waals surface area contributed by atoms with E-state index in [1.165, 1.54) is 0 Å². The van der Waals surface area contributed by atoms with E-state index in [0.717, 1.165) is 12.8 Å². The minimum absolute atomic E-state index is 0.169. The number of rotatable bonds is 0. The van der Waals surface area contributed by atoms with E-state index in [0.29, 0.717) is 12.8 Å². The Morgan fingerprint density at radius 3 is 2.25 bits per heavy atom. The lowest BCUT2D eigenvalue weighted by Gasteiger charge is -2.51. The number of hydrogen-bond donors (Lipinski definition) is 2. The Hall–Kier alpha value is -2.10. The van der Waals surface area contributed by atoms with E-state index in [-0.39, 0.29) is 12.3 Å². The molecular weight excluding hydrogens is 256 g/mol. The van der Waals surface area contributed by atoms with Crippen LogP contribution in [-0.2, 0) is 4.79 Å². The van der Waals surface area contributed by atoms with Crippen molar-refractivity contribution in [2.45, 2.75) is 37.8 Å². The summed E-state index contributed by atoms with van der Waals surface area (Å²) in [6, 6.07) is 5.85. The molecule has 0 spiro atoms. The highest BCUT2D eigenvalue weighted by molar-refractivity contribution is 5.91. The van der Waals surface area contributed by atoms with Crippen molar-refractivity contribution in [3.05, 3.63) is 0 Å². The SMILES string of the molecule is N#CC1(C#N)[C@H]2CCCC[C@@H]2[C@@]2(O)C[C@]1(C#N)C(=O)N2. The molecule has 6 nitrogen and oxygen atoms in total. The standard InChI is InChI=1S/C14H14N4O2/c15-6-12-5-14(20,18-11(12)19)10-4-2-1-3-9(10)13(12,7-16)8-17/h9-10,20H,1-5H2,(H,18,19)/t9-,10-,12-,14-/m0/s1. The fourth-order valence-electron chi connectivity index (χ4n) is 4.47. The molecular formula is C14H14N4O2. The van der Waals surface area contributed by atoms with Crippen LogP contribution in [0.1, 0.15) is 32.1 Å². The lowest BCUT2D eigenvalue weighted by Crippen LogP contribution is -2.59. The summed E-state index contributed by atoms with van der Waals surface area (Å²) in [5.74, 6) is -1.45. The molecule has 0 aromatic rings. The number of nitriles is 3. The van der Waals surface area contributed by atoms with E-state index in [1.807, 2.05) is 18.2 Å². The van der Waals surface area contributed by atoms with E-state index in [1.54, 1.807) is 0 Å². The third-order valence-corrected chi connectivity index (χ3v) is 5.40. The first-order valence-electron chi connectivity index (χ1n) is 6.78. The summed E-state index contributed by atoms with van der Waals surface area (Å²) in [7, 11) is 0. The van der Waals surface area contributed by atoms with Crippen molar-refractivity contribution in [1.82, 2.24) is 5.32 Å². The summed E-state index contributed by atoms with van der Waals surface area (Å²) in [6.45, 7) is 0. The Kier molecular flexibility index (Phi) is 2.40. The van der Waals surface area contributed by atoms with Gasteiger partial charge in [-0.25, -0.2) is 0 Å². The van der Waals surface area contributed by atoms with Crippen LogP contribution in [0.3, 0.4) is 0 Å². The van der Waals surface area contributed by atoms with E-state index in [4.69, 9.17) is 0 Å². The van der Waals surface area contributed by atoms with Gasteiger partial charge in [-0.15, -0.1) is 0 Å². The number of carbonyl (C=O) groups is 1. The van der Waals surface area contributed by atoms with Crippen LogP contribution < -0.4 is 5.32 Å². The highest BCUT2D eigenvalue weighted by Crippen LogP contribution is 2.64. The second-order valence-electron chi connectivity index (χ2n) is 6.10. The zero-order valence-corrected chi connectivity index (χ0v) is 10.9. The first-order chi connectivity index (χ1) is 9.49. The van der Waals surface area contributed by atoms with Gasteiger partial charge in [0.15, 0.2) is 10.8 Å². The molecule has 2 N–H and O–H groups in total. The topological polar surface area (TPSA) is 121 Å². The minimum Gasteiger partial charge on any atom is -0.371 e. The van der Waals surface area contributed by atoms with Crippen LogP contribution in [0.15, 0.2) is 0 Å². The summed E-state index contributed by atoms with van der Waals surface area (Å²) >= 11 is 0. The van der Waals surface area contributed by atoms with Gasteiger partial charge >= 0.3 is 0 Å². The second-order valence-corrected chi connectivity index (χ2v) is 6.10. The van der Waals surface area contributed by atoms with Crippen LogP contribution in [0.2, 0.25) is 0 Å². The molecule has 20 heavy (non-hydrogen) atoms. The van der Waals surface area contributed by atoms with Crippen LogP contribution in [0.5, 0.6) is 0 Å². The maximum Gasteiger partial charge on any atom is 0.245 e. The summed E-state index contributed by atoms with van der Waals surface area (Å²) < 4.78 is 0. The molecule has 3 rings (SSSR count). The smallest absolute Gasteiger partial charge is 0.245 e. The van der Waals surface area contributed by atoms with Crippen molar-refractivity contribution in [1.29, 1.82) is 15.8 Å². The number of nitrogens with one attached hydrogen (secondary N) is 1. The molecule has 102 valence electrons. The number of fused-ring (bicyclic) bond motifs is 4. The predicted octanol–water partition coefficient (Wildman–Crippen LogP) is 0.558. The third kappa shape index (κ3) is 1.13. The van der Waals surface area contributed by atoms with Crippen LogP contribution in [-0.4, -0.2) is 16.7 Å². The summed E-state index contributed by atoms with van der Waals surface area (Å²) in [6.07, 6.45) is 2.82. The molecule has 3 aliphatic rings. The highest BCUT2D eigenvalue weighted by atomic mass is 16.3. The van der Waals surface area contributed by atoms with Gasteiger partial charge in [0.2, 0.25) is 5.91 Å². The number of carbonyl (C=O) groups excluding carboxylic acids is 1. The van der Waals surface area contributed by atoms with E-state index >= 15 is 0 Å². The van der Waals surface area contributed by atoms with Crippen LogP contribution in [0, 0.1) is 56.7 Å². The Balaban J connectivity index is 2.27. The van der Waals surface area contributed by atoms with Crippen LogP contribution >= 0.6 is 0 Å². The lowest BCUT2D eigenvalue weighted by atomic mass is 9.47. The molecule has 1 aliphatic heterocycles. The molecule has 4 atom stereocenters. The molecule has 0 unspecified atom stereocenters. The van der Waals surface area contributed by atoms with Crippen LogP contribution in [0.25, 0.3) is 0 Å². The van der Waals surface area contributed by atoms with Gasteiger partial charge in [0, 0.05) is 18.3 Å². The van der Waals surface area contributed by atoms with Crippen molar-refractivity contribution in [3.63, 3.8) is 0 Å². The van der Waals surface area contributed by atoms with Gasteiger partial charge in [0.1, 0.15) is 5.72 Å². The van der Waals surface area contributed by atoms with Crippen molar-refractivity contribution in [3.8, 4) is 18.2 Å². The van der Waals surface area contributed by atoms with Gasteiger partial charge < -0.3 is 10.4 Å². The molecule has 0 aromatic carbocycles. The fourth-order valence-corrected chi connectivity index (χ4v) is 4.47. The quantitative estimate of drug-likeness (QED) is 0.666. The number of amides is 1. The molecule has 0 aromatic heterocycles. The van der Waals surface area contributed by atoms with Crippen molar-refractivity contribution >= 4 is 5.91 Å². The van der Waals surface area contributed by atoms with Crippen LogP contribution in [0.4, 0.5) is 0 Å². The Morgan fingerprint density at radius 1 is 1.10 bits per heavy atom.